The lowest BCUT2D eigenvalue weighted by Crippen LogP contribution is -2.36. The molecule has 216 valence electrons. The van der Waals surface area contributed by atoms with E-state index in [9.17, 15) is 35.5 Å². The number of hydrogen-bond donors (Lipinski definition) is 1. The van der Waals surface area contributed by atoms with Crippen LogP contribution in [0.5, 0.6) is 0 Å². The third-order valence-corrected chi connectivity index (χ3v) is 7.39. The molecule has 1 N–H and O–H groups in total. The molecule has 1 aliphatic heterocycles. The van der Waals surface area contributed by atoms with Crippen LogP contribution in [-0.4, -0.2) is 39.7 Å². The van der Waals surface area contributed by atoms with Gasteiger partial charge < -0.3 is 9.64 Å². The van der Waals surface area contributed by atoms with Crippen molar-refractivity contribution in [2.45, 2.75) is 69.6 Å². The van der Waals surface area contributed by atoms with Crippen molar-refractivity contribution >= 4 is 5.91 Å². The highest BCUT2D eigenvalue weighted by molar-refractivity contribution is 5.78. The van der Waals surface area contributed by atoms with E-state index in [1.807, 2.05) is 6.92 Å². The first-order valence-electron chi connectivity index (χ1n) is 12.6. The molecule has 5 atom stereocenters. The summed E-state index contributed by atoms with van der Waals surface area (Å²) in [6.45, 7) is 5.07. The standard InChI is InChI=1S/C28H28F7N3O2/c1-15(20-12-36-37-13-20)8-25(39)38-14-24(26(16(38)2)18-4-6-23(29)7-5-18)40-17(3)19-9-21(27(30,31)32)11-22(10-19)28(33,34)35/h4-7,9-13,15-17,24,26H,8,14H2,1-3H3,(H,36,37)/t15?,16?,17-,24+,26?/m1/s1. The molecule has 0 bridgehead atoms. The highest BCUT2D eigenvalue weighted by Crippen LogP contribution is 2.41. The van der Waals surface area contributed by atoms with E-state index in [4.69, 9.17) is 4.74 Å². The Kier molecular flexibility index (Phi) is 8.30. The summed E-state index contributed by atoms with van der Waals surface area (Å²) in [7, 11) is 0. The Morgan fingerprint density at radius 2 is 1.62 bits per heavy atom. The van der Waals surface area contributed by atoms with Crippen LogP contribution < -0.4 is 0 Å². The second-order valence-electron chi connectivity index (χ2n) is 10.2. The summed E-state index contributed by atoms with van der Waals surface area (Å²) < 4.78 is 100. The van der Waals surface area contributed by atoms with Gasteiger partial charge in [0.2, 0.25) is 5.91 Å². The van der Waals surface area contributed by atoms with E-state index < -0.39 is 53.5 Å². The predicted octanol–water partition coefficient (Wildman–Crippen LogP) is 7.24. The van der Waals surface area contributed by atoms with Gasteiger partial charge in [-0.15, -0.1) is 0 Å². The lowest BCUT2D eigenvalue weighted by atomic mass is 9.90. The summed E-state index contributed by atoms with van der Waals surface area (Å²) >= 11 is 0. The Hall–Kier alpha value is -3.41. The molecule has 1 aliphatic rings. The van der Waals surface area contributed by atoms with Gasteiger partial charge in [-0.3, -0.25) is 9.89 Å². The van der Waals surface area contributed by atoms with Gasteiger partial charge in [0.15, 0.2) is 0 Å². The van der Waals surface area contributed by atoms with E-state index in [1.54, 1.807) is 24.2 Å². The first-order valence-corrected chi connectivity index (χ1v) is 12.6. The zero-order chi connectivity index (χ0) is 29.4. The minimum atomic E-state index is -5.00. The maximum absolute atomic E-state index is 13.7. The van der Waals surface area contributed by atoms with Crippen LogP contribution in [0, 0.1) is 5.82 Å². The SMILES string of the molecule is CC(CC(=O)N1C[C@H](O[C@H](C)c2cc(C(F)(F)F)cc(C(F)(F)F)c2)C(c2ccc(F)cc2)C1C)c1cn[nH]c1. The molecule has 3 unspecified atom stereocenters. The fourth-order valence-corrected chi connectivity index (χ4v) is 5.19. The zero-order valence-corrected chi connectivity index (χ0v) is 21.9. The Morgan fingerprint density at radius 1 is 1.02 bits per heavy atom. The monoisotopic (exact) mass is 571 g/mol. The van der Waals surface area contributed by atoms with Gasteiger partial charge in [-0.1, -0.05) is 19.1 Å². The number of ether oxygens (including phenoxy) is 1. The number of amides is 1. The average Bonchev–Trinajstić information content (AvgIpc) is 3.52. The maximum atomic E-state index is 13.7. The molecule has 3 aromatic rings. The molecule has 1 amide bonds. The van der Waals surface area contributed by atoms with Crippen LogP contribution in [-0.2, 0) is 21.9 Å². The van der Waals surface area contributed by atoms with E-state index in [-0.39, 0.29) is 36.4 Å². The van der Waals surface area contributed by atoms with Crippen LogP contribution in [0.3, 0.4) is 0 Å². The van der Waals surface area contributed by atoms with Crippen molar-refractivity contribution in [2.24, 2.45) is 0 Å². The van der Waals surface area contributed by atoms with Crippen molar-refractivity contribution in [1.82, 2.24) is 15.1 Å². The van der Waals surface area contributed by atoms with Crippen molar-refractivity contribution in [2.75, 3.05) is 6.54 Å². The van der Waals surface area contributed by atoms with Crippen molar-refractivity contribution in [1.29, 1.82) is 0 Å². The third-order valence-electron chi connectivity index (χ3n) is 7.39. The molecule has 0 spiro atoms. The van der Waals surface area contributed by atoms with Gasteiger partial charge in [-0.25, -0.2) is 4.39 Å². The highest BCUT2D eigenvalue weighted by Gasteiger charge is 2.44. The Bertz CT molecular complexity index is 1270. The Labute approximate surface area is 226 Å². The molecular weight excluding hydrogens is 543 g/mol. The van der Waals surface area contributed by atoms with Crippen LogP contribution in [0.25, 0.3) is 0 Å². The number of rotatable bonds is 7. The lowest BCUT2D eigenvalue weighted by molar-refractivity contribution is -0.143. The first kappa shape index (κ1) is 29.6. The number of carbonyl (C=O) groups excluding carboxylic acids is 1. The fourth-order valence-electron chi connectivity index (χ4n) is 5.19. The Balaban J connectivity index is 1.63. The van der Waals surface area contributed by atoms with Crippen LogP contribution in [0.4, 0.5) is 30.7 Å². The molecule has 2 aromatic carbocycles. The van der Waals surface area contributed by atoms with Gasteiger partial charge in [0.1, 0.15) is 5.82 Å². The zero-order valence-electron chi connectivity index (χ0n) is 21.9. The number of aromatic nitrogens is 2. The van der Waals surface area contributed by atoms with E-state index >= 15 is 0 Å². The Morgan fingerprint density at radius 3 is 2.15 bits per heavy atom. The summed E-state index contributed by atoms with van der Waals surface area (Å²) in [5.41, 5.74) is -1.71. The maximum Gasteiger partial charge on any atom is 0.416 e. The van der Waals surface area contributed by atoms with Crippen molar-refractivity contribution in [3.05, 3.63) is 88.5 Å². The molecule has 40 heavy (non-hydrogen) atoms. The van der Waals surface area contributed by atoms with Gasteiger partial charge in [-0.05, 0) is 66.8 Å². The van der Waals surface area contributed by atoms with Gasteiger partial charge in [-0.2, -0.15) is 31.4 Å². The number of halogens is 7. The topological polar surface area (TPSA) is 58.2 Å². The average molecular weight is 572 g/mol. The molecule has 5 nitrogen and oxygen atoms in total. The highest BCUT2D eigenvalue weighted by atomic mass is 19.4. The van der Waals surface area contributed by atoms with Crippen molar-refractivity contribution < 1.29 is 40.3 Å². The summed E-state index contributed by atoms with van der Waals surface area (Å²) in [5, 5.41) is 6.60. The van der Waals surface area contributed by atoms with Crippen LogP contribution in [0.2, 0.25) is 0 Å². The smallest absolute Gasteiger partial charge is 0.368 e. The molecular formula is C28H28F7N3O2. The second kappa shape index (κ2) is 11.2. The van der Waals surface area contributed by atoms with Gasteiger partial charge in [0, 0.05) is 31.1 Å². The molecule has 4 rings (SSSR count). The van der Waals surface area contributed by atoms with Crippen molar-refractivity contribution in [3.8, 4) is 0 Å². The second-order valence-corrected chi connectivity index (χ2v) is 10.2. The summed E-state index contributed by atoms with van der Waals surface area (Å²) in [5.74, 6) is -1.35. The lowest BCUT2D eigenvalue weighted by Gasteiger charge is -2.27. The number of aromatic amines is 1. The fraction of sp³-hybridized carbons (Fsp3) is 0.429. The molecule has 1 saturated heterocycles. The van der Waals surface area contributed by atoms with E-state index in [0.717, 1.165) is 5.56 Å². The van der Waals surface area contributed by atoms with E-state index in [0.29, 0.717) is 17.7 Å². The van der Waals surface area contributed by atoms with Crippen LogP contribution in [0.15, 0.2) is 54.9 Å². The number of alkyl halides is 6. The number of nitrogens with zero attached hydrogens (tertiary/aromatic N) is 2. The van der Waals surface area contributed by atoms with Crippen molar-refractivity contribution in [3.63, 3.8) is 0 Å². The van der Waals surface area contributed by atoms with Gasteiger partial charge in [0.05, 0.1) is 29.5 Å². The van der Waals surface area contributed by atoms with Crippen LogP contribution >= 0.6 is 0 Å². The minimum absolute atomic E-state index is 0.0512. The summed E-state index contributed by atoms with van der Waals surface area (Å²) in [4.78, 5) is 14.9. The molecule has 1 fully saturated rings. The normalized spacial score (nSPS) is 21.4. The number of benzene rings is 2. The number of nitrogens with one attached hydrogen (secondary N) is 1. The molecule has 0 radical (unpaired) electrons. The first-order chi connectivity index (χ1) is 18.6. The predicted molar refractivity (Wildman–Crippen MR) is 132 cm³/mol. The summed E-state index contributed by atoms with van der Waals surface area (Å²) in [6.07, 6.45) is -8.51. The number of H-pyrrole nitrogens is 1. The van der Waals surface area contributed by atoms with E-state index in [2.05, 4.69) is 10.2 Å². The minimum Gasteiger partial charge on any atom is -0.368 e. The van der Waals surface area contributed by atoms with Gasteiger partial charge in [0.25, 0.3) is 0 Å². The molecule has 0 saturated carbocycles. The number of likely N-dealkylation sites (tertiary alicyclic amines) is 1. The van der Waals surface area contributed by atoms with E-state index in [1.165, 1.54) is 31.2 Å². The quantitative estimate of drug-likeness (QED) is 0.304. The molecule has 12 heteroatoms. The molecule has 0 aliphatic carbocycles. The summed E-state index contributed by atoms with van der Waals surface area (Å²) in [6, 6.07) is 6.46. The molecule has 1 aromatic heterocycles. The number of hydrogen-bond acceptors (Lipinski definition) is 3. The number of carbonyl (C=O) groups is 1. The van der Waals surface area contributed by atoms with Gasteiger partial charge >= 0.3 is 12.4 Å². The van der Waals surface area contributed by atoms with Crippen LogP contribution in [0.1, 0.15) is 72.9 Å². The molecule has 2 heterocycles. The largest absolute Gasteiger partial charge is 0.416 e. The third kappa shape index (κ3) is 6.48.